The standard InChI is InChI=1S/C19H20N4O2/c1-11-10-15-17(20-16(11)12-6-8-14(24)9-7-12)22-23-18(15)21-19(25)13-4-2-3-5-13/h6-10,13,24H,2-5H2,1H3,(H2,20,21,22,23,25). The molecule has 1 aliphatic rings. The molecule has 0 radical (unpaired) electrons. The number of nitrogens with zero attached hydrogens (tertiary/aromatic N) is 2. The van der Waals surface area contributed by atoms with Crippen LogP contribution in [0.5, 0.6) is 5.75 Å². The molecule has 6 heteroatoms. The zero-order valence-electron chi connectivity index (χ0n) is 14.0. The summed E-state index contributed by atoms with van der Waals surface area (Å²) in [5.74, 6) is 0.906. The van der Waals surface area contributed by atoms with E-state index < -0.39 is 0 Å². The Balaban J connectivity index is 1.66. The number of benzene rings is 1. The summed E-state index contributed by atoms with van der Waals surface area (Å²) in [7, 11) is 0. The van der Waals surface area contributed by atoms with Crippen LogP contribution in [0, 0.1) is 12.8 Å². The maximum Gasteiger partial charge on any atom is 0.228 e. The molecule has 25 heavy (non-hydrogen) atoms. The van der Waals surface area contributed by atoms with E-state index in [9.17, 15) is 9.90 Å². The number of phenols is 1. The maximum atomic E-state index is 12.4. The van der Waals surface area contributed by atoms with Gasteiger partial charge < -0.3 is 10.4 Å². The van der Waals surface area contributed by atoms with E-state index in [1.165, 1.54) is 0 Å². The highest BCUT2D eigenvalue weighted by molar-refractivity contribution is 6.00. The Hall–Kier alpha value is -2.89. The molecule has 0 aliphatic heterocycles. The molecule has 3 aromatic rings. The second-order valence-electron chi connectivity index (χ2n) is 6.64. The third-order valence-corrected chi connectivity index (χ3v) is 4.85. The van der Waals surface area contributed by atoms with E-state index in [0.29, 0.717) is 11.5 Å². The Bertz CT molecular complexity index is 924. The molecule has 3 N–H and O–H groups in total. The summed E-state index contributed by atoms with van der Waals surface area (Å²) in [6.07, 6.45) is 4.15. The number of fused-ring (bicyclic) bond motifs is 1. The van der Waals surface area contributed by atoms with Crippen molar-refractivity contribution in [3.05, 3.63) is 35.9 Å². The number of phenolic OH excluding ortho intramolecular Hbond substituents is 1. The topological polar surface area (TPSA) is 90.9 Å². The molecule has 1 fully saturated rings. The SMILES string of the molecule is Cc1cc2c(NC(=O)C3CCCC3)n[nH]c2nc1-c1ccc(O)cc1. The molecule has 2 heterocycles. The highest BCUT2D eigenvalue weighted by atomic mass is 16.3. The monoisotopic (exact) mass is 336 g/mol. The van der Waals surface area contributed by atoms with Crippen LogP contribution in [0.25, 0.3) is 22.3 Å². The smallest absolute Gasteiger partial charge is 0.228 e. The number of carbonyl (C=O) groups excluding carboxylic acids is 1. The number of rotatable bonds is 3. The Kier molecular flexibility index (Phi) is 3.87. The van der Waals surface area contributed by atoms with Crippen molar-refractivity contribution in [3.8, 4) is 17.0 Å². The van der Waals surface area contributed by atoms with E-state index in [-0.39, 0.29) is 17.6 Å². The van der Waals surface area contributed by atoms with Crippen molar-refractivity contribution in [2.24, 2.45) is 5.92 Å². The van der Waals surface area contributed by atoms with Gasteiger partial charge in [-0.1, -0.05) is 12.8 Å². The Morgan fingerprint density at radius 2 is 1.96 bits per heavy atom. The van der Waals surface area contributed by atoms with Crippen molar-refractivity contribution in [3.63, 3.8) is 0 Å². The van der Waals surface area contributed by atoms with E-state index in [4.69, 9.17) is 0 Å². The zero-order valence-corrected chi connectivity index (χ0v) is 14.0. The molecule has 1 aliphatic carbocycles. The lowest BCUT2D eigenvalue weighted by molar-refractivity contribution is -0.119. The van der Waals surface area contributed by atoms with Gasteiger partial charge in [0.2, 0.25) is 5.91 Å². The summed E-state index contributed by atoms with van der Waals surface area (Å²) < 4.78 is 0. The number of aromatic nitrogens is 3. The van der Waals surface area contributed by atoms with Crippen LogP contribution in [-0.2, 0) is 4.79 Å². The van der Waals surface area contributed by atoms with E-state index in [0.717, 1.165) is 47.9 Å². The third kappa shape index (κ3) is 2.95. The number of nitrogens with one attached hydrogen (secondary N) is 2. The van der Waals surface area contributed by atoms with Crippen LogP contribution in [0.15, 0.2) is 30.3 Å². The second kappa shape index (κ2) is 6.20. The van der Waals surface area contributed by atoms with E-state index in [1.807, 2.05) is 25.1 Å². The number of aromatic amines is 1. The van der Waals surface area contributed by atoms with Crippen molar-refractivity contribution in [1.82, 2.24) is 15.2 Å². The number of H-pyrrole nitrogens is 1. The van der Waals surface area contributed by atoms with Crippen molar-refractivity contribution < 1.29 is 9.90 Å². The number of carbonyl (C=O) groups is 1. The Morgan fingerprint density at radius 1 is 1.24 bits per heavy atom. The fraction of sp³-hybridized carbons (Fsp3) is 0.316. The minimum Gasteiger partial charge on any atom is -0.508 e. The third-order valence-electron chi connectivity index (χ3n) is 4.85. The predicted octanol–water partition coefficient (Wildman–Crippen LogP) is 3.77. The van der Waals surface area contributed by atoms with Crippen LogP contribution in [0.4, 0.5) is 5.82 Å². The fourth-order valence-corrected chi connectivity index (χ4v) is 3.46. The number of pyridine rings is 1. The first kappa shape index (κ1) is 15.6. The Labute approximate surface area is 145 Å². The van der Waals surface area contributed by atoms with Crippen molar-refractivity contribution in [2.75, 3.05) is 5.32 Å². The first-order valence-electron chi connectivity index (χ1n) is 8.58. The lowest BCUT2D eigenvalue weighted by Crippen LogP contribution is -2.20. The summed E-state index contributed by atoms with van der Waals surface area (Å²) in [5.41, 5.74) is 3.36. The molecule has 128 valence electrons. The summed E-state index contributed by atoms with van der Waals surface area (Å²) >= 11 is 0. The summed E-state index contributed by atoms with van der Waals surface area (Å²) in [4.78, 5) is 17.0. The molecule has 4 rings (SSSR count). The van der Waals surface area contributed by atoms with Gasteiger partial charge in [0.15, 0.2) is 11.5 Å². The highest BCUT2D eigenvalue weighted by Crippen LogP contribution is 2.30. The van der Waals surface area contributed by atoms with Crippen LogP contribution >= 0.6 is 0 Å². The van der Waals surface area contributed by atoms with E-state index >= 15 is 0 Å². The fourth-order valence-electron chi connectivity index (χ4n) is 3.46. The van der Waals surface area contributed by atoms with E-state index in [2.05, 4.69) is 20.5 Å². The molecule has 0 spiro atoms. The van der Waals surface area contributed by atoms with Gasteiger partial charge in [-0.15, -0.1) is 0 Å². The Morgan fingerprint density at radius 3 is 2.68 bits per heavy atom. The van der Waals surface area contributed by atoms with Crippen LogP contribution in [0.3, 0.4) is 0 Å². The molecule has 0 bridgehead atoms. The maximum absolute atomic E-state index is 12.4. The van der Waals surface area contributed by atoms with Gasteiger partial charge >= 0.3 is 0 Å². The molecule has 1 amide bonds. The van der Waals surface area contributed by atoms with Gasteiger partial charge in [0.1, 0.15) is 5.75 Å². The van der Waals surface area contributed by atoms with Crippen molar-refractivity contribution in [2.45, 2.75) is 32.6 Å². The lowest BCUT2D eigenvalue weighted by atomic mass is 10.1. The van der Waals surface area contributed by atoms with Gasteiger partial charge in [-0.3, -0.25) is 9.89 Å². The van der Waals surface area contributed by atoms with Gasteiger partial charge in [0.05, 0.1) is 11.1 Å². The summed E-state index contributed by atoms with van der Waals surface area (Å²) in [6.45, 7) is 1.98. The van der Waals surface area contributed by atoms with Gasteiger partial charge in [0.25, 0.3) is 0 Å². The van der Waals surface area contributed by atoms with Gasteiger partial charge in [0, 0.05) is 11.5 Å². The minimum absolute atomic E-state index is 0.0474. The lowest BCUT2D eigenvalue weighted by Gasteiger charge is -2.09. The number of aryl methyl sites for hydroxylation is 1. The van der Waals surface area contributed by atoms with Crippen molar-refractivity contribution >= 4 is 22.8 Å². The predicted molar refractivity (Wildman–Crippen MR) is 96.3 cm³/mol. The van der Waals surface area contributed by atoms with Gasteiger partial charge in [-0.25, -0.2) is 4.98 Å². The van der Waals surface area contributed by atoms with Crippen LogP contribution in [0.2, 0.25) is 0 Å². The first-order chi connectivity index (χ1) is 12.1. The molecule has 6 nitrogen and oxygen atoms in total. The number of hydrogen-bond acceptors (Lipinski definition) is 4. The van der Waals surface area contributed by atoms with Gasteiger partial charge in [-0.05, 0) is 55.7 Å². The van der Waals surface area contributed by atoms with Crippen molar-refractivity contribution in [1.29, 1.82) is 0 Å². The highest BCUT2D eigenvalue weighted by Gasteiger charge is 2.24. The molecule has 0 unspecified atom stereocenters. The first-order valence-corrected chi connectivity index (χ1v) is 8.58. The van der Waals surface area contributed by atoms with Crippen LogP contribution in [0.1, 0.15) is 31.2 Å². The van der Waals surface area contributed by atoms with Gasteiger partial charge in [-0.2, -0.15) is 5.10 Å². The molecule has 0 saturated heterocycles. The van der Waals surface area contributed by atoms with Crippen LogP contribution < -0.4 is 5.32 Å². The summed E-state index contributed by atoms with van der Waals surface area (Å²) in [6, 6.07) is 8.92. The molecular formula is C19H20N4O2. The molecule has 2 aromatic heterocycles. The number of hydrogen-bond donors (Lipinski definition) is 3. The second-order valence-corrected chi connectivity index (χ2v) is 6.64. The number of aromatic hydroxyl groups is 1. The molecule has 0 atom stereocenters. The molecule has 1 saturated carbocycles. The average Bonchev–Trinajstić information content (AvgIpc) is 3.26. The minimum atomic E-state index is 0.0474. The quantitative estimate of drug-likeness (QED) is 0.679. The zero-order chi connectivity index (χ0) is 17.4. The molecule has 1 aromatic carbocycles. The average molecular weight is 336 g/mol. The number of amides is 1. The molecular weight excluding hydrogens is 316 g/mol. The number of anilines is 1. The van der Waals surface area contributed by atoms with E-state index in [1.54, 1.807) is 12.1 Å². The normalized spacial score (nSPS) is 14.9. The largest absolute Gasteiger partial charge is 0.508 e. The summed E-state index contributed by atoms with van der Waals surface area (Å²) in [5, 5.41) is 20.3. The van der Waals surface area contributed by atoms with Crippen LogP contribution in [-0.4, -0.2) is 26.2 Å².